The van der Waals surface area contributed by atoms with Crippen LogP contribution < -0.4 is 5.32 Å². The van der Waals surface area contributed by atoms with E-state index in [2.05, 4.69) is 26.7 Å². The Bertz CT molecular complexity index is 1190. The van der Waals surface area contributed by atoms with Crippen molar-refractivity contribution in [2.45, 2.75) is 13.0 Å². The predicted molar refractivity (Wildman–Crippen MR) is 104 cm³/mol. The summed E-state index contributed by atoms with van der Waals surface area (Å²) in [6.07, 6.45) is 0. The van der Waals surface area contributed by atoms with E-state index in [0.29, 0.717) is 11.5 Å². The van der Waals surface area contributed by atoms with Gasteiger partial charge in [-0.1, -0.05) is 48.5 Å². The van der Waals surface area contributed by atoms with Crippen molar-refractivity contribution in [2.75, 3.05) is 5.32 Å². The maximum atomic E-state index is 5.95. The average molecular weight is 355 g/mol. The highest BCUT2D eigenvalue weighted by Crippen LogP contribution is 2.26. The summed E-state index contributed by atoms with van der Waals surface area (Å²) in [4.78, 5) is 0. The van der Waals surface area contributed by atoms with Gasteiger partial charge in [-0.3, -0.25) is 0 Å². The quantitative estimate of drug-likeness (QED) is 0.506. The van der Waals surface area contributed by atoms with Gasteiger partial charge in [-0.25, -0.2) is 0 Å². The number of hydrogen-bond acceptors (Lipinski definition) is 5. The van der Waals surface area contributed by atoms with Gasteiger partial charge in [-0.05, 0) is 31.2 Å². The molecule has 0 aliphatic rings. The van der Waals surface area contributed by atoms with Crippen molar-refractivity contribution in [1.82, 2.24) is 19.8 Å². The van der Waals surface area contributed by atoms with E-state index in [1.807, 2.05) is 73.7 Å². The van der Waals surface area contributed by atoms with Crippen LogP contribution in [0.4, 0.5) is 5.82 Å². The van der Waals surface area contributed by atoms with E-state index in [9.17, 15) is 0 Å². The number of anilines is 1. The minimum absolute atomic E-state index is 0.0287. The molecule has 5 aromatic rings. The van der Waals surface area contributed by atoms with Gasteiger partial charge < -0.3 is 9.73 Å². The summed E-state index contributed by atoms with van der Waals surface area (Å²) in [6, 6.07) is 23.7. The van der Waals surface area contributed by atoms with Gasteiger partial charge in [0.1, 0.15) is 17.2 Å². The fourth-order valence-electron chi connectivity index (χ4n) is 3.14. The topological polar surface area (TPSA) is 68.2 Å². The standard InChI is InChI=1S/C21H17N5O/c1-14(18-13-16-9-5-6-10-17(16)27-18)22-19-11-12-20-23-24-21(26(20)25-19)15-7-3-2-4-8-15/h2-14H,1H3,(H,22,25)/t14-/m1/s1. The van der Waals surface area contributed by atoms with Gasteiger partial charge in [0.25, 0.3) is 0 Å². The molecule has 6 nitrogen and oxygen atoms in total. The van der Waals surface area contributed by atoms with Gasteiger partial charge in [-0.15, -0.1) is 15.3 Å². The maximum Gasteiger partial charge on any atom is 0.185 e. The number of hydrogen-bond donors (Lipinski definition) is 1. The van der Waals surface area contributed by atoms with Crippen LogP contribution in [0.25, 0.3) is 28.0 Å². The number of rotatable bonds is 4. The van der Waals surface area contributed by atoms with E-state index in [1.165, 1.54) is 0 Å². The van der Waals surface area contributed by atoms with Crippen molar-refractivity contribution < 1.29 is 4.42 Å². The van der Waals surface area contributed by atoms with Gasteiger partial charge in [0.05, 0.1) is 6.04 Å². The predicted octanol–water partition coefficient (Wildman–Crippen LogP) is 4.71. The molecule has 0 bridgehead atoms. The molecule has 0 spiro atoms. The number of nitrogens with zero attached hydrogens (tertiary/aromatic N) is 4. The number of fused-ring (bicyclic) bond motifs is 2. The van der Waals surface area contributed by atoms with Gasteiger partial charge >= 0.3 is 0 Å². The van der Waals surface area contributed by atoms with E-state index >= 15 is 0 Å². The van der Waals surface area contributed by atoms with Crippen molar-refractivity contribution in [3.8, 4) is 11.4 Å². The van der Waals surface area contributed by atoms with E-state index in [0.717, 1.165) is 28.1 Å². The third kappa shape index (κ3) is 2.81. The Morgan fingerprint density at radius 1 is 0.926 bits per heavy atom. The second-order valence-corrected chi connectivity index (χ2v) is 6.43. The first-order valence-electron chi connectivity index (χ1n) is 8.81. The van der Waals surface area contributed by atoms with E-state index in [4.69, 9.17) is 4.42 Å². The molecule has 5 rings (SSSR count). The molecule has 2 aromatic carbocycles. The summed E-state index contributed by atoms with van der Waals surface area (Å²) >= 11 is 0. The number of aromatic nitrogens is 4. The zero-order valence-corrected chi connectivity index (χ0v) is 14.7. The van der Waals surface area contributed by atoms with Crippen LogP contribution in [0.5, 0.6) is 0 Å². The molecule has 6 heteroatoms. The van der Waals surface area contributed by atoms with E-state index in [-0.39, 0.29) is 6.04 Å². The lowest BCUT2D eigenvalue weighted by molar-refractivity contribution is 0.525. The Labute approximate surface area is 155 Å². The van der Waals surface area contributed by atoms with Crippen LogP contribution in [0.3, 0.4) is 0 Å². The van der Waals surface area contributed by atoms with Gasteiger partial charge in [0.15, 0.2) is 11.5 Å². The lowest BCUT2D eigenvalue weighted by Crippen LogP contribution is -2.09. The highest BCUT2D eigenvalue weighted by molar-refractivity contribution is 5.77. The zero-order valence-electron chi connectivity index (χ0n) is 14.7. The summed E-state index contributed by atoms with van der Waals surface area (Å²) in [5.74, 6) is 2.31. The SMILES string of the molecule is C[C@@H](Nc1ccc2nnc(-c3ccccc3)n2n1)c1cc2ccccc2o1. The van der Waals surface area contributed by atoms with Crippen molar-refractivity contribution in [3.63, 3.8) is 0 Å². The first kappa shape index (κ1) is 15.6. The van der Waals surface area contributed by atoms with Gasteiger partial charge in [0.2, 0.25) is 0 Å². The van der Waals surface area contributed by atoms with Crippen LogP contribution in [-0.2, 0) is 0 Å². The average Bonchev–Trinajstić information content (AvgIpc) is 3.32. The molecule has 0 radical (unpaired) electrons. The summed E-state index contributed by atoms with van der Waals surface area (Å²) < 4.78 is 7.70. The van der Waals surface area contributed by atoms with Crippen LogP contribution in [0.2, 0.25) is 0 Å². The number of para-hydroxylation sites is 1. The molecule has 1 N–H and O–H groups in total. The van der Waals surface area contributed by atoms with Crippen LogP contribution in [-0.4, -0.2) is 19.8 Å². The molecule has 0 aliphatic heterocycles. The van der Waals surface area contributed by atoms with Crippen LogP contribution in [0.1, 0.15) is 18.7 Å². The van der Waals surface area contributed by atoms with Crippen molar-refractivity contribution in [1.29, 1.82) is 0 Å². The fraction of sp³-hybridized carbons (Fsp3) is 0.0952. The minimum atomic E-state index is -0.0287. The smallest absolute Gasteiger partial charge is 0.185 e. The largest absolute Gasteiger partial charge is 0.459 e. The molecule has 1 atom stereocenters. The van der Waals surface area contributed by atoms with E-state index in [1.54, 1.807) is 4.52 Å². The van der Waals surface area contributed by atoms with E-state index < -0.39 is 0 Å². The summed E-state index contributed by atoms with van der Waals surface area (Å²) in [5.41, 5.74) is 2.56. The van der Waals surface area contributed by atoms with Crippen LogP contribution in [0, 0.1) is 0 Å². The third-order valence-electron chi connectivity index (χ3n) is 4.53. The number of nitrogens with one attached hydrogen (secondary N) is 1. The molecule has 0 saturated carbocycles. The Morgan fingerprint density at radius 3 is 2.59 bits per heavy atom. The molecular weight excluding hydrogens is 338 g/mol. The lowest BCUT2D eigenvalue weighted by Gasteiger charge is -2.12. The molecular formula is C21H17N5O. The highest BCUT2D eigenvalue weighted by Gasteiger charge is 2.14. The van der Waals surface area contributed by atoms with Crippen molar-refractivity contribution >= 4 is 22.4 Å². The second-order valence-electron chi connectivity index (χ2n) is 6.43. The third-order valence-corrected chi connectivity index (χ3v) is 4.53. The fourth-order valence-corrected chi connectivity index (χ4v) is 3.14. The highest BCUT2D eigenvalue weighted by atomic mass is 16.3. The molecule has 27 heavy (non-hydrogen) atoms. The Kier molecular flexibility index (Phi) is 3.60. The van der Waals surface area contributed by atoms with Crippen LogP contribution >= 0.6 is 0 Å². The number of benzene rings is 2. The molecule has 3 aromatic heterocycles. The molecule has 132 valence electrons. The first-order valence-corrected chi connectivity index (χ1v) is 8.81. The summed E-state index contributed by atoms with van der Waals surface area (Å²) in [6.45, 7) is 2.05. The minimum Gasteiger partial charge on any atom is -0.459 e. The summed E-state index contributed by atoms with van der Waals surface area (Å²) in [5, 5.41) is 17.6. The lowest BCUT2D eigenvalue weighted by atomic mass is 10.2. The molecule has 0 fully saturated rings. The van der Waals surface area contributed by atoms with Crippen molar-refractivity contribution in [2.24, 2.45) is 0 Å². The second kappa shape index (κ2) is 6.25. The first-order chi connectivity index (χ1) is 13.3. The molecule has 3 heterocycles. The maximum absolute atomic E-state index is 5.95. The van der Waals surface area contributed by atoms with Gasteiger partial charge in [-0.2, -0.15) is 4.52 Å². The van der Waals surface area contributed by atoms with Crippen LogP contribution in [0.15, 0.2) is 77.2 Å². The Morgan fingerprint density at radius 2 is 1.74 bits per heavy atom. The molecule has 0 unspecified atom stereocenters. The van der Waals surface area contributed by atoms with Gasteiger partial charge in [0, 0.05) is 10.9 Å². The Balaban J connectivity index is 1.48. The Hall–Kier alpha value is -3.67. The summed E-state index contributed by atoms with van der Waals surface area (Å²) in [7, 11) is 0. The zero-order chi connectivity index (χ0) is 18.2. The monoisotopic (exact) mass is 355 g/mol. The normalized spacial score (nSPS) is 12.5. The molecule has 0 aliphatic carbocycles. The number of furan rings is 1. The van der Waals surface area contributed by atoms with Crippen molar-refractivity contribution in [3.05, 3.63) is 78.6 Å². The molecule has 0 amide bonds. The molecule has 0 saturated heterocycles.